The van der Waals surface area contributed by atoms with Crippen LogP contribution in [0.1, 0.15) is 11.1 Å². The van der Waals surface area contributed by atoms with E-state index in [0.29, 0.717) is 0 Å². The number of hydrogen-bond donors (Lipinski definition) is 1. The third-order valence-electron chi connectivity index (χ3n) is 3.07. The standard InChI is InChI=1S/C14H12N2/c1-15-13-10-7-3-5-9-6-4-8-11(12(9)10)14(13)16-2/h3-8,16H,1H2,2H3. The molecule has 0 aromatic heterocycles. The minimum absolute atomic E-state index is 0.953. The molecule has 0 radical (unpaired) electrons. The number of aliphatic imine (C=N–C) groups is 1. The third-order valence-corrected chi connectivity index (χ3v) is 3.07. The molecular weight excluding hydrogens is 196 g/mol. The van der Waals surface area contributed by atoms with Crippen LogP contribution >= 0.6 is 0 Å². The van der Waals surface area contributed by atoms with Gasteiger partial charge in [-0.15, -0.1) is 0 Å². The van der Waals surface area contributed by atoms with Crippen LogP contribution in [0.3, 0.4) is 0 Å². The van der Waals surface area contributed by atoms with Crippen molar-refractivity contribution in [2.75, 3.05) is 7.05 Å². The summed E-state index contributed by atoms with van der Waals surface area (Å²) in [5.74, 6) is 0. The Morgan fingerprint density at radius 3 is 2.38 bits per heavy atom. The van der Waals surface area contributed by atoms with Crippen LogP contribution in [0.2, 0.25) is 0 Å². The topological polar surface area (TPSA) is 24.4 Å². The molecule has 0 atom stereocenters. The minimum Gasteiger partial charge on any atom is -0.386 e. The van der Waals surface area contributed by atoms with Gasteiger partial charge in [-0.1, -0.05) is 36.4 Å². The Morgan fingerprint density at radius 1 is 1.06 bits per heavy atom. The average molecular weight is 208 g/mol. The molecule has 0 spiro atoms. The van der Waals surface area contributed by atoms with E-state index in [1.54, 1.807) is 0 Å². The maximum absolute atomic E-state index is 4.15. The van der Waals surface area contributed by atoms with Gasteiger partial charge in [-0.2, -0.15) is 0 Å². The number of nitrogens with zero attached hydrogens (tertiary/aromatic N) is 1. The molecule has 0 amide bonds. The number of nitrogens with one attached hydrogen (secondary N) is 1. The van der Waals surface area contributed by atoms with Gasteiger partial charge in [0.05, 0.1) is 11.4 Å². The van der Waals surface area contributed by atoms with Crippen molar-refractivity contribution < 1.29 is 0 Å². The van der Waals surface area contributed by atoms with E-state index in [4.69, 9.17) is 0 Å². The van der Waals surface area contributed by atoms with Gasteiger partial charge in [0.2, 0.25) is 0 Å². The van der Waals surface area contributed by atoms with E-state index in [-0.39, 0.29) is 0 Å². The summed E-state index contributed by atoms with van der Waals surface area (Å²) in [6.45, 7) is 3.66. The molecule has 2 heteroatoms. The Bertz CT molecular complexity index is 618. The summed E-state index contributed by atoms with van der Waals surface area (Å²) < 4.78 is 0. The highest BCUT2D eigenvalue weighted by molar-refractivity contribution is 6.13. The van der Waals surface area contributed by atoms with E-state index in [1.807, 2.05) is 7.05 Å². The third kappa shape index (κ3) is 0.986. The highest BCUT2D eigenvalue weighted by Crippen LogP contribution is 2.40. The van der Waals surface area contributed by atoms with Crippen molar-refractivity contribution in [2.24, 2.45) is 4.99 Å². The summed E-state index contributed by atoms with van der Waals surface area (Å²) in [6, 6.07) is 12.6. The molecule has 0 fully saturated rings. The van der Waals surface area contributed by atoms with Crippen molar-refractivity contribution in [1.82, 2.24) is 5.32 Å². The average Bonchev–Trinajstić information content (AvgIpc) is 2.65. The summed E-state index contributed by atoms with van der Waals surface area (Å²) in [7, 11) is 1.92. The van der Waals surface area contributed by atoms with Crippen LogP contribution in [0.25, 0.3) is 22.2 Å². The molecule has 0 bridgehead atoms. The van der Waals surface area contributed by atoms with Crippen LogP contribution in [0.15, 0.2) is 41.4 Å². The fourth-order valence-corrected chi connectivity index (χ4v) is 2.43. The zero-order chi connectivity index (χ0) is 11.1. The molecule has 78 valence electrons. The van der Waals surface area contributed by atoms with Crippen molar-refractivity contribution in [3.63, 3.8) is 0 Å². The highest BCUT2D eigenvalue weighted by atomic mass is 14.9. The molecule has 1 N–H and O–H groups in total. The monoisotopic (exact) mass is 208 g/mol. The maximum Gasteiger partial charge on any atom is 0.0938 e. The van der Waals surface area contributed by atoms with Gasteiger partial charge >= 0.3 is 0 Å². The van der Waals surface area contributed by atoms with Crippen molar-refractivity contribution in [1.29, 1.82) is 0 Å². The van der Waals surface area contributed by atoms with Crippen LogP contribution in [0.4, 0.5) is 0 Å². The SMILES string of the molecule is C=NC1=C(NC)c2cccc3cccc1c23. The zero-order valence-electron chi connectivity index (χ0n) is 9.12. The van der Waals surface area contributed by atoms with Gasteiger partial charge in [-0.25, -0.2) is 0 Å². The van der Waals surface area contributed by atoms with E-state index >= 15 is 0 Å². The zero-order valence-corrected chi connectivity index (χ0v) is 9.12. The minimum atomic E-state index is 0.953. The van der Waals surface area contributed by atoms with Crippen molar-refractivity contribution in [2.45, 2.75) is 0 Å². The van der Waals surface area contributed by atoms with E-state index < -0.39 is 0 Å². The summed E-state index contributed by atoms with van der Waals surface area (Å²) >= 11 is 0. The van der Waals surface area contributed by atoms with Gasteiger partial charge in [0.15, 0.2) is 0 Å². The van der Waals surface area contributed by atoms with Crippen LogP contribution in [-0.2, 0) is 0 Å². The Hall–Kier alpha value is -2.09. The molecule has 3 rings (SSSR count). The Morgan fingerprint density at radius 2 is 1.75 bits per heavy atom. The van der Waals surface area contributed by atoms with Crippen LogP contribution < -0.4 is 5.32 Å². The van der Waals surface area contributed by atoms with Gasteiger partial charge in [-0.3, -0.25) is 4.99 Å². The molecule has 0 aliphatic heterocycles. The lowest BCUT2D eigenvalue weighted by Crippen LogP contribution is -2.03. The Labute approximate surface area is 94.3 Å². The van der Waals surface area contributed by atoms with Crippen LogP contribution in [-0.4, -0.2) is 13.8 Å². The predicted molar refractivity (Wildman–Crippen MR) is 69.4 cm³/mol. The van der Waals surface area contributed by atoms with Crippen molar-refractivity contribution in [3.05, 3.63) is 47.5 Å². The second-order valence-corrected chi connectivity index (χ2v) is 3.84. The summed E-state index contributed by atoms with van der Waals surface area (Å²) in [5.41, 5.74) is 4.42. The van der Waals surface area contributed by atoms with Gasteiger partial charge in [0, 0.05) is 23.6 Å². The fraction of sp³-hybridized carbons (Fsp3) is 0.0714. The fourth-order valence-electron chi connectivity index (χ4n) is 2.43. The van der Waals surface area contributed by atoms with E-state index in [2.05, 4.69) is 53.4 Å². The second-order valence-electron chi connectivity index (χ2n) is 3.84. The molecule has 1 aliphatic carbocycles. The summed E-state index contributed by atoms with van der Waals surface area (Å²) in [5, 5.41) is 5.74. The van der Waals surface area contributed by atoms with Crippen LogP contribution in [0.5, 0.6) is 0 Å². The molecule has 0 saturated heterocycles. The van der Waals surface area contributed by atoms with Crippen LogP contribution in [0, 0.1) is 0 Å². The molecular formula is C14H12N2. The lowest BCUT2D eigenvalue weighted by atomic mass is 10.0. The number of rotatable bonds is 2. The molecule has 2 aromatic carbocycles. The first kappa shape index (κ1) is 9.16. The smallest absolute Gasteiger partial charge is 0.0938 e. The first-order valence-electron chi connectivity index (χ1n) is 5.28. The molecule has 16 heavy (non-hydrogen) atoms. The van der Waals surface area contributed by atoms with E-state index in [1.165, 1.54) is 21.9 Å². The molecule has 1 aliphatic rings. The predicted octanol–water partition coefficient (Wildman–Crippen LogP) is 2.90. The normalized spacial score (nSPS) is 13.3. The molecule has 0 heterocycles. The van der Waals surface area contributed by atoms with Gasteiger partial charge < -0.3 is 5.32 Å². The van der Waals surface area contributed by atoms with Gasteiger partial charge in [-0.05, 0) is 12.1 Å². The molecule has 2 aromatic rings. The van der Waals surface area contributed by atoms with E-state index in [0.717, 1.165) is 11.4 Å². The van der Waals surface area contributed by atoms with Gasteiger partial charge in [0.1, 0.15) is 0 Å². The van der Waals surface area contributed by atoms with Crippen molar-refractivity contribution in [3.8, 4) is 0 Å². The quantitative estimate of drug-likeness (QED) is 0.754. The Balaban J connectivity index is 2.49. The molecule has 2 nitrogen and oxygen atoms in total. The first-order chi connectivity index (χ1) is 7.86. The van der Waals surface area contributed by atoms with Gasteiger partial charge in [0.25, 0.3) is 0 Å². The van der Waals surface area contributed by atoms with E-state index in [9.17, 15) is 0 Å². The highest BCUT2D eigenvalue weighted by Gasteiger charge is 2.21. The summed E-state index contributed by atoms with van der Waals surface area (Å²) in [6.07, 6.45) is 0. The van der Waals surface area contributed by atoms with Crippen molar-refractivity contribution >= 4 is 28.9 Å². The Kier molecular flexibility index (Phi) is 1.83. The second kappa shape index (κ2) is 3.20. The molecule has 0 saturated carbocycles. The maximum atomic E-state index is 4.15. The molecule has 0 unspecified atom stereocenters. The number of benzene rings is 2. The number of hydrogen-bond acceptors (Lipinski definition) is 2. The lowest BCUT2D eigenvalue weighted by Gasteiger charge is -2.04. The summed E-state index contributed by atoms with van der Waals surface area (Å²) in [4.78, 5) is 4.15. The largest absolute Gasteiger partial charge is 0.386 e. The lowest BCUT2D eigenvalue weighted by molar-refractivity contribution is 1.13. The first-order valence-corrected chi connectivity index (χ1v) is 5.28.